The third-order valence-corrected chi connectivity index (χ3v) is 3.96. The van der Waals surface area contributed by atoms with E-state index in [1.807, 2.05) is 0 Å². The van der Waals surface area contributed by atoms with Gasteiger partial charge in [0.05, 0.1) is 7.11 Å². The Morgan fingerprint density at radius 2 is 1.77 bits per heavy atom. The van der Waals surface area contributed by atoms with E-state index in [0.29, 0.717) is 11.3 Å². The summed E-state index contributed by atoms with van der Waals surface area (Å²) in [6.07, 6.45) is 0. The zero-order chi connectivity index (χ0) is 15.9. The minimum Gasteiger partial charge on any atom is -0.497 e. The lowest BCUT2D eigenvalue weighted by atomic mass is 9.79. The normalized spacial score (nSPS) is 20.8. The Morgan fingerprint density at radius 1 is 1.09 bits per heavy atom. The summed E-state index contributed by atoms with van der Waals surface area (Å²) in [5, 5.41) is 11.2. The Hall–Kier alpha value is -2.66. The molecule has 2 aromatic carbocycles. The molecule has 0 radical (unpaired) electrons. The highest BCUT2D eigenvalue weighted by Crippen LogP contribution is 2.39. The highest BCUT2D eigenvalue weighted by Gasteiger charge is 2.49. The van der Waals surface area contributed by atoms with E-state index in [4.69, 9.17) is 4.74 Å². The van der Waals surface area contributed by atoms with E-state index in [-0.39, 0.29) is 11.1 Å². The topological polar surface area (TPSA) is 66.8 Å². The van der Waals surface area contributed by atoms with Crippen molar-refractivity contribution in [3.63, 3.8) is 0 Å². The van der Waals surface area contributed by atoms with Gasteiger partial charge >= 0.3 is 0 Å². The number of methoxy groups -OCH3 is 1. The third-order valence-electron chi connectivity index (χ3n) is 3.96. The maximum absolute atomic E-state index is 12.6. The third kappa shape index (κ3) is 1.83. The molecule has 1 N–H and O–H groups in total. The van der Waals surface area contributed by atoms with Gasteiger partial charge in [0.25, 0.3) is 11.8 Å². The molecule has 1 aliphatic rings. The van der Waals surface area contributed by atoms with Crippen LogP contribution in [0.5, 0.6) is 5.75 Å². The average Bonchev–Trinajstić information content (AvgIpc) is 2.58. The molecule has 0 bridgehead atoms. The molecule has 0 aliphatic carbocycles. The van der Waals surface area contributed by atoms with Gasteiger partial charge in [0.2, 0.25) is 0 Å². The Labute approximate surface area is 127 Å². The minimum absolute atomic E-state index is 0.242. The van der Waals surface area contributed by atoms with Gasteiger partial charge in [0.1, 0.15) is 5.75 Å². The maximum Gasteiger partial charge on any atom is 0.270 e. The van der Waals surface area contributed by atoms with Crippen LogP contribution in [-0.2, 0) is 10.4 Å². The molecule has 0 saturated carbocycles. The summed E-state index contributed by atoms with van der Waals surface area (Å²) in [5.74, 6) is -0.647. The Balaban J connectivity index is 2.33. The van der Waals surface area contributed by atoms with Crippen molar-refractivity contribution in [2.24, 2.45) is 0 Å². The standard InChI is InChI=1S/C17H15NO4/c1-18-15(19)13-9-8-12(22-2)10-14(13)17(21,16(18)20)11-6-4-3-5-7-11/h3-10,21H,1-2H3. The number of carbonyl (C=O) groups excluding carboxylic acids is 2. The fourth-order valence-electron chi connectivity index (χ4n) is 2.73. The number of hydrogen-bond acceptors (Lipinski definition) is 4. The van der Waals surface area contributed by atoms with Crippen molar-refractivity contribution in [1.29, 1.82) is 0 Å². The molecule has 0 saturated heterocycles. The predicted molar refractivity (Wildman–Crippen MR) is 79.5 cm³/mol. The van der Waals surface area contributed by atoms with E-state index in [1.165, 1.54) is 20.2 Å². The second-order valence-electron chi connectivity index (χ2n) is 5.16. The fraction of sp³-hybridized carbons (Fsp3) is 0.176. The summed E-state index contributed by atoms with van der Waals surface area (Å²) in [6, 6.07) is 13.3. The number of hydrogen-bond donors (Lipinski definition) is 1. The van der Waals surface area contributed by atoms with Gasteiger partial charge in [-0.25, -0.2) is 0 Å². The highest BCUT2D eigenvalue weighted by molar-refractivity contribution is 6.13. The number of carbonyl (C=O) groups is 2. The molecule has 1 atom stereocenters. The zero-order valence-corrected chi connectivity index (χ0v) is 12.2. The molecule has 3 rings (SSSR count). The fourth-order valence-corrected chi connectivity index (χ4v) is 2.73. The van der Waals surface area contributed by atoms with E-state index in [1.54, 1.807) is 42.5 Å². The van der Waals surface area contributed by atoms with Crippen LogP contribution in [0.4, 0.5) is 0 Å². The molecule has 112 valence electrons. The number of ether oxygens (including phenoxy) is 1. The second kappa shape index (κ2) is 4.96. The van der Waals surface area contributed by atoms with Crippen LogP contribution in [0.3, 0.4) is 0 Å². The van der Waals surface area contributed by atoms with Crippen molar-refractivity contribution in [2.75, 3.05) is 14.2 Å². The molecule has 5 nitrogen and oxygen atoms in total. The largest absolute Gasteiger partial charge is 0.497 e. The lowest BCUT2D eigenvalue weighted by Crippen LogP contribution is -2.53. The van der Waals surface area contributed by atoms with Gasteiger partial charge in [-0.3, -0.25) is 14.5 Å². The van der Waals surface area contributed by atoms with Crippen LogP contribution in [0.2, 0.25) is 0 Å². The summed E-state index contributed by atoms with van der Waals surface area (Å²) in [6.45, 7) is 0. The first-order chi connectivity index (χ1) is 10.5. The van der Waals surface area contributed by atoms with Crippen molar-refractivity contribution in [3.8, 4) is 5.75 Å². The number of imide groups is 1. The second-order valence-corrected chi connectivity index (χ2v) is 5.16. The van der Waals surface area contributed by atoms with Crippen molar-refractivity contribution in [2.45, 2.75) is 5.60 Å². The van der Waals surface area contributed by atoms with Crippen molar-refractivity contribution in [1.82, 2.24) is 4.90 Å². The van der Waals surface area contributed by atoms with Crippen LogP contribution >= 0.6 is 0 Å². The lowest BCUT2D eigenvalue weighted by molar-refractivity contribution is -0.145. The number of amides is 2. The number of fused-ring (bicyclic) bond motifs is 1. The summed E-state index contributed by atoms with van der Waals surface area (Å²) >= 11 is 0. The van der Waals surface area contributed by atoms with Crippen LogP contribution in [0, 0.1) is 0 Å². The molecule has 0 spiro atoms. The Kier molecular flexibility index (Phi) is 3.22. The number of benzene rings is 2. The molecule has 5 heteroatoms. The summed E-state index contributed by atoms with van der Waals surface area (Å²) in [5.41, 5.74) is -0.970. The lowest BCUT2D eigenvalue weighted by Gasteiger charge is -2.37. The number of rotatable bonds is 2. The first-order valence-electron chi connectivity index (χ1n) is 6.79. The molecular weight excluding hydrogens is 282 g/mol. The van der Waals surface area contributed by atoms with Gasteiger partial charge in [-0.2, -0.15) is 0 Å². The molecule has 2 amide bonds. The molecule has 1 heterocycles. The predicted octanol–water partition coefficient (Wildman–Crippen LogP) is 1.54. The van der Waals surface area contributed by atoms with Crippen molar-refractivity contribution in [3.05, 3.63) is 65.2 Å². The monoisotopic (exact) mass is 297 g/mol. The zero-order valence-electron chi connectivity index (χ0n) is 12.2. The van der Waals surface area contributed by atoms with Gasteiger partial charge < -0.3 is 9.84 Å². The number of nitrogens with zero attached hydrogens (tertiary/aromatic N) is 1. The molecule has 2 aromatic rings. The molecule has 1 unspecified atom stereocenters. The highest BCUT2D eigenvalue weighted by atomic mass is 16.5. The van der Waals surface area contributed by atoms with E-state index < -0.39 is 17.4 Å². The van der Waals surface area contributed by atoms with Crippen LogP contribution in [0.1, 0.15) is 21.5 Å². The Morgan fingerprint density at radius 3 is 2.41 bits per heavy atom. The Bertz CT molecular complexity index is 757. The molecule has 1 aliphatic heterocycles. The van der Waals surface area contributed by atoms with Crippen LogP contribution < -0.4 is 4.74 Å². The molecular formula is C17H15NO4. The van der Waals surface area contributed by atoms with Gasteiger partial charge in [-0.15, -0.1) is 0 Å². The van der Waals surface area contributed by atoms with Crippen LogP contribution in [0.25, 0.3) is 0 Å². The maximum atomic E-state index is 12.6. The molecule has 0 fully saturated rings. The van der Waals surface area contributed by atoms with E-state index in [9.17, 15) is 14.7 Å². The summed E-state index contributed by atoms with van der Waals surface area (Å²) in [4.78, 5) is 25.9. The average molecular weight is 297 g/mol. The minimum atomic E-state index is -1.91. The van der Waals surface area contributed by atoms with Crippen LogP contribution in [0.15, 0.2) is 48.5 Å². The van der Waals surface area contributed by atoms with E-state index >= 15 is 0 Å². The SMILES string of the molecule is COc1ccc2c(c1)C(O)(c1ccccc1)C(=O)N(C)C2=O. The van der Waals surface area contributed by atoms with Gasteiger partial charge in [-0.1, -0.05) is 30.3 Å². The number of likely N-dealkylation sites (N-methyl/N-ethyl adjacent to an activating group) is 1. The first-order valence-corrected chi connectivity index (χ1v) is 6.79. The van der Waals surface area contributed by atoms with Crippen LogP contribution in [-0.4, -0.2) is 36.0 Å². The molecule has 22 heavy (non-hydrogen) atoms. The quantitative estimate of drug-likeness (QED) is 0.854. The van der Waals surface area contributed by atoms with E-state index in [0.717, 1.165) is 4.90 Å². The van der Waals surface area contributed by atoms with Gasteiger partial charge in [0.15, 0.2) is 5.60 Å². The smallest absolute Gasteiger partial charge is 0.270 e. The van der Waals surface area contributed by atoms with Gasteiger partial charge in [0, 0.05) is 18.2 Å². The molecule has 0 aromatic heterocycles. The van der Waals surface area contributed by atoms with Crippen molar-refractivity contribution < 1.29 is 19.4 Å². The summed E-state index contributed by atoms with van der Waals surface area (Å²) < 4.78 is 5.16. The first kappa shape index (κ1) is 14.3. The van der Waals surface area contributed by atoms with Gasteiger partial charge in [-0.05, 0) is 23.8 Å². The summed E-state index contributed by atoms with van der Waals surface area (Å²) in [7, 11) is 2.85. The van der Waals surface area contributed by atoms with E-state index in [2.05, 4.69) is 0 Å². The van der Waals surface area contributed by atoms with Crippen molar-refractivity contribution >= 4 is 11.8 Å². The number of aliphatic hydroxyl groups is 1.